The minimum Gasteiger partial charge on any atom is -0.484 e. The third-order valence-corrected chi connectivity index (χ3v) is 4.17. The molecule has 6 heteroatoms. The number of aromatic nitrogens is 1. The lowest BCUT2D eigenvalue weighted by Crippen LogP contribution is -2.34. The summed E-state index contributed by atoms with van der Waals surface area (Å²) in [4.78, 5) is 19.3. The van der Waals surface area contributed by atoms with Crippen LogP contribution in [0.1, 0.15) is 4.88 Å². The molecule has 0 spiro atoms. The van der Waals surface area contributed by atoms with E-state index in [-0.39, 0.29) is 12.5 Å². The monoisotopic (exact) mass is 342 g/mol. The largest absolute Gasteiger partial charge is 0.484 e. The maximum absolute atomic E-state index is 13.2. The molecular formula is C18H15FN2O2S. The smallest absolute Gasteiger partial charge is 0.265 e. The second-order valence-corrected chi connectivity index (χ2v) is 6.05. The van der Waals surface area contributed by atoms with Crippen LogP contribution in [0, 0.1) is 5.82 Å². The Labute approximate surface area is 143 Å². The molecule has 122 valence electrons. The molecule has 1 aromatic carbocycles. The van der Waals surface area contributed by atoms with Gasteiger partial charge in [-0.25, -0.2) is 4.39 Å². The Morgan fingerprint density at radius 1 is 1.21 bits per heavy atom. The van der Waals surface area contributed by atoms with E-state index in [4.69, 9.17) is 4.74 Å². The third-order valence-electron chi connectivity index (χ3n) is 3.31. The van der Waals surface area contributed by atoms with E-state index in [1.165, 1.54) is 12.1 Å². The topological polar surface area (TPSA) is 42.4 Å². The zero-order valence-electron chi connectivity index (χ0n) is 12.8. The van der Waals surface area contributed by atoms with Crippen LogP contribution in [0.5, 0.6) is 5.75 Å². The van der Waals surface area contributed by atoms with Crippen LogP contribution in [0.15, 0.2) is 66.3 Å². The van der Waals surface area contributed by atoms with E-state index in [1.807, 2.05) is 23.6 Å². The molecule has 0 radical (unpaired) electrons. The number of anilines is 1. The maximum atomic E-state index is 13.2. The van der Waals surface area contributed by atoms with Crippen molar-refractivity contribution in [2.24, 2.45) is 0 Å². The molecule has 3 aromatic rings. The summed E-state index contributed by atoms with van der Waals surface area (Å²) in [5.74, 6) is -0.297. The van der Waals surface area contributed by atoms with Crippen molar-refractivity contribution >= 4 is 22.9 Å². The van der Waals surface area contributed by atoms with Crippen LogP contribution in [0.4, 0.5) is 10.1 Å². The highest BCUT2D eigenvalue weighted by Crippen LogP contribution is 2.19. The number of benzene rings is 1. The molecule has 0 fully saturated rings. The molecule has 24 heavy (non-hydrogen) atoms. The number of nitrogens with zero attached hydrogens (tertiary/aromatic N) is 2. The van der Waals surface area contributed by atoms with Gasteiger partial charge in [-0.05, 0) is 35.7 Å². The summed E-state index contributed by atoms with van der Waals surface area (Å²) in [6.45, 7) is 0.262. The van der Waals surface area contributed by atoms with Crippen molar-refractivity contribution in [1.82, 2.24) is 4.98 Å². The number of thiophene rings is 1. The standard InChI is InChI=1S/C18H15FN2O2S/c19-14-4-1-6-16(10-14)23-13-18(22)21(12-17-7-3-9-24-17)15-5-2-8-20-11-15/h1-11H,12-13H2. The highest BCUT2D eigenvalue weighted by atomic mass is 32.1. The van der Waals surface area contributed by atoms with Crippen LogP contribution in [0.2, 0.25) is 0 Å². The summed E-state index contributed by atoms with van der Waals surface area (Å²) in [5.41, 5.74) is 0.693. The van der Waals surface area contributed by atoms with Crippen LogP contribution in [0.25, 0.3) is 0 Å². The molecule has 0 N–H and O–H groups in total. The lowest BCUT2D eigenvalue weighted by atomic mass is 10.3. The van der Waals surface area contributed by atoms with Crippen molar-refractivity contribution in [3.05, 3.63) is 77.0 Å². The number of hydrogen-bond donors (Lipinski definition) is 0. The Balaban J connectivity index is 1.73. The molecule has 0 saturated carbocycles. The predicted octanol–water partition coefficient (Wildman–Crippen LogP) is 3.89. The zero-order chi connectivity index (χ0) is 16.8. The number of amides is 1. The van der Waals surface area contributed by atoms with Gasteiger partial charge in [0, 0.05) is 17.1 Å². The molecule has 0 aliphatic rings. The minimum absolute atomic E-state index is 0.177. The first kappa shape index (κ1) is 16.1. The van der Waals surface area contributed by atoms with E-state index in [0.717, 1.165) is 4.88 Å². The lowest BCUT2D eigenvalue weighted by Gasteiger charge is -2.22. The number of rotatable bonds is 6. The van der Waals surface area contributed by atoms with E-state index in [1.54, 1.807) is 46.8 Å². The van der Waals surface area contributed by atoms with Crippen molar-refractivity contribution in [3.63, 3.8) is 0 Å². The van der Waals surface area contributed by atoms with Gasteiger partial charge in [0.15, 0.2) is 6.61 Å². The maximum Gasteiger partial charge on any atom is 0.265 e. The molecule has 3 rings (SSSR count). The van der Waals surface area contributed by atoms with E-state index in [0.29, 0.717) is 18.0 Å². The molecule has 2 aromatic heterocycles. The average molecular weight is 342 g/mol. The molecule has 0 unspecified atom stereocenters. The molecule has 0 atom stereocenters. The van der Waals surface area contributed by atoms with Gasteiger partial charge in [0.1, 0.15) is 11.6 Å². The predicted molar refractivity (Wildman–Crippen MR) is 91.6 cm³/mol. The molecule has 0 aliphatic heterocycles. The fraction of sp³-hybridized carbons (Fsp3) is 0.111. The summed E-state index contributed by atoms with van der Waals surface area (Å²) >= 11 is 1.58. The molecule has 2 heterocycles. The SMILES string of the molecule is O=C(COc1cccc(F)c1)N(Cc1cccs1)c1cccnc1. The fourth-order valence-corrected chi connectivity index (χ4v) is 2.87. The summed E-state index contributed by atoms with van der Waals surface area (Å²) in [6, 6.07) is 13.2. The summed E-state index contributed by atoms with van der Waals surface area (Å²) < 4.78 is 18.6. The molecule has 1 amide bonds. The summed E-state index contributed by atoms with van der Waals surface area (Å²) in [6.07, 6.45) is 3.29. The van der Waals surface area contributed by atoms with Crippen LogP contribution in [0.3, 0.4) is 0 Å². The van der Waals surface area contributed by atoms with Gasteiger partial charge >= 0.3 is 0 Å². The van der Waals surface area contributed by atoms with Gasteiger partial charge in [0.25, 0.3) is 5.91 Å². The molecule has 0 bridgehead atoms. The van der Waals surface area contributed by atoms with Crippen molar-refractivity contribution in [3.8, 4) is 5.75 Å². The van der Waals surface area contributed by atoms with Gasteiger partial charge in [-0.2, -0.15) is 0 Å². The number of pyridine rings is 1. The van der Waals surface area contributed by atoms with Crippen LogP contribution >= 0.6 is 11.3 Å². The van der Waals surface area contributed by atoms with E-state index in [2.05, 4.69) is 4.98 Å². The molecule has 0 aliphatic carbocycles. The van der Waals surface area contributed by atoms with Crippen LogP contribution in [-0.2, 0) is 11.3 Å². The minimum atomic E-state index is -0.400. The van der Waals surface area contributed by atoms with Gasteiger partial charge in [-0.15, -0.1) is 11.3 Å². The molecular weight excluding hydrogens is 327 g/mol. The highest BCUT2D eigenvalue weighted by molar-refractivity contribution is 7.09. The lowest BCUT2D eigenvalue weighted by molar-refractivity contribution is -0.120. The quantitative estimate of drug-likeness (QED) is 0.682. The number of ether oxygens (including phenoxy) is 1. The zero-order valence-corrected chi connectivity index (χ0v) is 13.6. The van der Waals surface area contributed by atoms with Crippen molar-refractivity contribution in [2.75, 3.05) is 11.5 Å². The number of hydrogen-bond acceptors (Lipinski definition) is 4. The van der Waals surface area contributed by atoms with Crippen LogP contribution in [-0.4, -0.2) is 17.5 Å². The number of halogens is 1. The molecule has 0 saturated heterocycles. The Morgan fingerprint density at radius 3 is 2.83 bits per heavy atom. The van der Waals surface area contributed by atoms with Gasteiger partial charge < -0.3 is 9.64 Å². The van der Waals surface area contributed by atoms with Gasteiger partial charge in [0.2, 0.25) is 0 Å². The summed E-state index contributed by atoms with van der Waals surface area (Å²) in [7, 11) is 0. The second kappa shape index (κ2) is 7.70. The molecule has 4 nitrogen and oxygen atoms in total. The highest BCUT2D eigenvalue weighted by Gasteiger charge is 2.17. The second-order valence-electron chi connectivity index (χ2n) is 5.02. The Hall–Kier alpha value is -2.73. The Bertz CT molecular complexity index is 794. The summed E-state index contributed by atoms with van der Waals surface area (Å²) in [5, 5.41) is 1.96. The van der Waals surface area contributed by atoms with E-state index in [9.17, 15) is 9.18 Å². The first-order chi connectivity index (χ1) is 11.7. The van der Waals surface area contributed by atoms with Crippen LogP contribution < -0.4 is 9.64 Å². The first-order valence-electron chi connectivity index (χ1n) is 7.33. The Kier molecular flexibility index (Phi) is 5.18. The number of carbonyl (C=O) groups is 1. The van der Waals surface area contributed by atoms with Crippen molar-refractivity contribution in [2.45, 2.75) is 6.54 Å². The van der Waals surface area contributed by atoms with Crippen molar-refractivity contribution in [1.29, 1.82) is 0 Å². The number of carbonyl (C=O) groups excluding carboxylic acids is 1. The average Bonchev–Trinajstić information content (AvgIpc) is 3.12. The van der Waals surface area contributed by atoms with Crippen molar-refractivity contribution < 1.29 is 13.9 Å². The van der Waals surface area contributed by atoms with Gasteiger partial charge in [0.05, 0.1) is 18.4 Å². The van der Waals surface area contributed by atoms with Gasteiger partial charge in [-0.1, -0.05) is 12.1 Å². The fourth-order valence-electron chi connectivity index (χ4n) is 2.18. The first-order valence-corrected chi connectivity index (χ1v) is 8.21. The van der Waals surface area contributed by atoms with Gasteiger partial charge in [-0.3, -0.25) is 9.78 Å². The third kappa shape index (κ3) is 4.17. The van der Waals surface area contributed by atoms with E-state index >= 15 is 0 Å². The van der Waals surface area contributed by atoms with E-state index < -0.39 is 5.82 Å². The normalized spacial score (nSPS) is 10.4. The Morgan fingerprint density at radius 2 is 2.12 bits per heavy atom.